The van der Waals surface area contributed by atoms with Gasteiger partial charge >= 0.3 is 6.09 Å². The molecule has 8 heteroatoms. The number of hydrogen-bond donors (Lipinski definition) is 2. The van der Waals surface area contributed by atoms with Crippen molar-refractivity contribution in [3.05, 3.63) is 36.9 Å². The molecule has 1 saturated carbocycles. The van der Waals surface area contributed by atoms with Crippen LogP contribution in [0.3, 0.4) is 0 Å². The third-order valence-corrected chi connectivity index (χ3v) is 5.00. The van der Waals surface area contributed by atoms with E-state index in [1.54, 1.807) is 31.4 Å². The fraction of sp³-hybridized carbons (Fsp3) is 0.450. The number of amides is 3. The summed E-state index contributed by atoms with van der Waals surface area (Å²) in [5.74, 6) is 0.864. The highest BCUT2D eigenvalue weighted by Gasteiger charge is 2.40. The molecule has 1 unspecified atom stereocenters. The van der Waals surface area contributed by atoms with Gasteiger partial charge in [-0.25, -0.2) is 4.79 Å². The number of methoxy groups -OCH3 is 1. The van der Waals surface area contributed by atoms with E-state index in [2.05, 4.69) is 17.2 Å². The van der Waals surface area contributed by atoms with Gasteiger partial charge in [0.2, 0.25) is 11.8 Å². The van der Waals surface area contributed by atoms with Gasteiger partial charge in [-0.3, -0.25) is 9.59 Å². The number of carbonyl (C=O) groups is 3. The van der Waals surface area contributed by atoms with Gasteiger partial charge in [0, 0.05) is 12.6 Å². The van der Waals surface area contributed by atoms with E-state index >= 15 is 0 Å². The molecule has 2 fully saturated rings. The van der Waals surface area contributed by atoms with Gasteiger partial charge in [0.05, 0.1) is 7.11 Å². The molecule has 3 rings (SSSR count). The van der Waals surface area contributed by atoms with Crippen LogP contribution in [-0.4, -0.2) is 55.1 Å². The van der Waals surface area contributed by atoms with Crippen LogP contribution in [0.2, 0.25) is 0 Å². The zero-order valence-electron chi connectivity index (χ0n) is 15.8. The Morgan fingerprint density at radius 3 is 2.61 bits per heavy atom. The molecule has 3 atom stereocenters. The molecule has 0 aromatic heterocycles. The molecule has 0 spiro atoms. The molecule has 1 aliphatic carbocycles. The van der Waals surface area contributed by atoms with Crippen molar-refractivity contribution in [2.24, 2.45) is 5.92 Å². The predicted molar refractivity (Wildman–Crippen MR) is 102 cm³/mol. The summed E-state index contributed by atoms with van der Waals surface area (Å²) >= 11 is 0. The normalized spacial score (nSPS) is 22.9. The van der Waals surface area contributed by atoms with Crippen molar-refractivity contribution in [3.63, 3.8) is 0 Å². The average Bonchev–Trinajstić information content (AvgIpc) is 3.26. The highest BCUT2D eigenvalue weighted by atomic mass is 16.6. The highest BCUT2D eigenvalue weighted by Crippen LogP contribution is 2.31. The summed E-state index contributed by atoms with van der Waals surface area (Å²) in [5.41, 5.74) is 0. The van der Waals surface area contributed by atoms with Crippen LogP contribution in [-0.2, 0) is 9.59 Å². The molecule has 0 bridgehead atoms. The van der Waals surface area contributed by atoms with Gasteiger partial charge in [-0.15, -0.1) is 6.58 Å². The van der Waals surface area contributed by atoms with Crippen molar-refractivity contribution in [1.29, 1.82) is 0 Å². The third kappa shape index (κ3) is 4.82. The lowest BCUT2D eigenvalue weighted by Crippen LogP contribution is -2.49. The molecule has 0 radical (unpaired) electrons. The van der Waals surface area contributed by atoms with Gasteiger partial charge in [0.1, 0.15) is 24.1 Å². The Balaban J connectivity index is 1.45. The fourth-order valence-electron chi connectivity index (χ4n) is 3.29. The van der Waals surface area contributed by atoms with Gasteiger partial charge in [0.15, 0.2) is 0 Å². The van der Waals surface area contributed by atoms with Gasteiger partial charge < -0.3 is 25.0 Å². The molecule has 1 aromatic carbocycles. The van der Waals surface area contributed by atoms with Crippen LogP contribution in [0.5, 0.6) is 11.5 Å². The molecule has 2 aliphatic rings. The lowest BCUT2D eigenvalue weighted by atomic mass is 10.2. The summed E-state index contributed by atoms with van der Waals surface area (Å²) in [5, 5.41) is 5.40. The van der Waals surface area contributed by atoms with Crippen molar-refractivity contribution < 1.29 is 23.9 Å². The molecule has 3 amide bonds. The second kappa shape index (κ2) is 8.77. The van der Waals surface area contributed by atoms with Gasteiger partial charge in [-0.2, -0.15) is 0 Å². The zero-order chi connectivity index (χ0) is 20.1. The Labute approximate surface area is 163 Å². The maximum atomic E-state index is 12.5. The number of likely N-dealkylation sites (tertiary alicyclic amines) is 1. The molecule has 1 aromatic rings. The van der Waals surface area contributed by atoms with Gasteiger partial charge in [-0.1, -0.05) is 6.08 Å². The molecular weight excluding hydrogens is 362 g/mol. The fourth-order valence-corrected chi connectivity index (χ4v) is 3.29. The first-order valence-electron chi connectivity index (χ1n) is 9.34. The van der Waals surface area contributed by atoms with E-state index in [4.69, 9.17) is 9.47 Å². The van der Waals surface area contributed by atoms with E-state index in [0.29, 0.717) is 30.4 Å². The first-order valence-corrected chi connectivity index (χ1v) is 9.34. The summed E-state index contributed by atoms with van der Waals surface area (Å²) in [6, 6.07) is 6.15. The van der Waals surface area contributed by atoms with Crippen molar-refractivity contribution in [2.75, 3.05) is 20.2 Å². The molecule has 1 heterocycles. The maximum absolute atomic E-state index is 12.5. The summed E-state index contributed by atoms with van der Waals surface area (Å²) in [6.07, 6.45) is 3.38. The van der Waals surface area contributed by atoms with Crippen LogP contribution in [0.15, 0.2) is 36.9 Å². The third-order valence-electron chi connectivity index (χ3n) is 5.00. The van der Waals surface area contributed by atoms with Crippen molar-refractivity contribution in [3.8, 4) is 11.5 Å². The predicted octanol–water partition coefficient (Wildman–Crippen LogP) is 1.47. The second-order valence-electron chi connectivity index (χ2n) is 6.91. The zero-order valence-corrected chi connectivity index (χ0v) is 15.8. The Morgan fingerprint density at radius 1 is 1.25 bits per heavy atom. The summed E-state index contributed by atoms with van der Waals surface area (Å²) in [7, 11) is 1.54. The molecule has 150 valence electrons. The molecule has 1 aliphatic heterocycles. The van der Waals surface area contributed by atoms with Gasteiger partial charge in [-0.05, 0) is 49.4 Å². The molecule has 1 saturated heterocycles. The van der Waals surface area contributed by atoms with Crippen molar-refractivity contribution in [2.45, 2.75) is 31.3 Å². The minimum Gasteiger partial charge on any atom is -0.497 e. The minimum absolute atomic E-state index is 0.125. The monoisotopic (exact) mass is 387 g/mol. The van der Waals surface area contributed by atoms with E-state index in [9.17, 15) is 14.4 Å². The number of carbonyl (C=O) groups excluding carboxylic acids is 3. The van der Waals surface area contributed by atoms with Crippen LogP contribution in [0, 0.1) is 5.92 Å². The summed E-state index contributed by atoms with van der Waals surface area (Å²) < 4.78 is 10.2. The van der Waals surface area contributed by atoms with Crippen LogP contribution in [0.4, 0.5) is 4.79 Å². The first-order chi connectivity index (χ1) is 13.5. The number of rotatable bonds is 7. The standard InChI is InChI=1S/C20H25N3O5/c1-3-13-11-16(13)22-19(25)17-5-4-10-23(17)18(24)12-21-20(26)28-15-8-6-14(27-2)7-9-15/h3,6-9,13,16-17H,1,4-5,10-12H2,2H3,(H,21,26)(H,22,25)/t13-,16?,17+/m1/s1. The first kappa shape index (κ1) is 19.7. The number of ether oxygens (including phenoxy) is 2. The molecule has 8 nitrogen and oxygen atoms in total. The summed E-state index contributed by atoms with van der Waals surface area (Å²) in [6.45, 7) is 4.00. The highest BCUT2D eigenvalue weighted by molar-refractivity contribution is 5.90. The van der Waals surface area contributed by atoms with Crippen LogP contribution >= 0.6 is 0 Å². The minimum atomic E-state index is -0.731. The van der Waals surface area contributed by atoms with Crippen molar-refractivity contribution >= 4 is 17.9 Å². The quantitative estimate of drug-likeness (QED) is 0.691. The Hall–Kier alpha value is -3.03. The smallest absolute Gasteiger partial charge is 0.413 e. The average molecular weight is 387 g/mol. The van der Waals surface area contributed by atoms with E-state index < -0.39 is 12.1 Å². The molecule has 28 heavy (non-hydrogen) atoms. The van der Waals surface area contributed by atoms with Crippen LogP contribution < -0.4 is 20.1 Å². The van der Waals surface area contributed by atoms with Crippen LogP contribution in [0.25, 0.3) is 0 Å². The van der Waals surface area contributed by atoms with E-state index in [1.165, 1.54) is 4.90 Å². The Bertz CT molecular complexity index is 749. The van der Waals surface area contributed by atoms with Crippen molar-refractivity contribution in [1.82, 2.24) is 15.5 Å². The van der Waals surface area contributed by atoms with E-state index in [-0.39, 0.29) is 24.4 Å². The molecular formula is C20H25N3O5. The summed E-state index contributed by atoms with van der Waals surface area (Å²) in [4.78, 5) is 38.3. The largest absolute Gasteiger partial charge is 0.497 e. The second-order valence-corrected chi connectivity index (χ2v) is 6.91. The maximum Gasteiger partial charge on any atom is 0.413 e. The molecule has 2 N–H and O–H groups in total. The topological polar surface area (TPSA) is 97.0 Å². The van der Waals surface area contributed by atoms with Crippen LogP contribution in [0.1, 0.15) is 19.3 Å². The van der Waals surface area contributed by atoms with E-state index in [1.807, 2.05) is 6.08 Å². The Kier molecular flexibility index (Phi) is 6.18. The Morgan fingerprint density at radius 2 is 1.96 bits per heavy atom. The number of benzene rings is 1. The number of nitrogens with one attached hydrogen (secondary N) is 2. The van der Waals surface area contributed by atoms with Gasteiger partial charge in [0.25, 0.3) is 0 Å². The number of nitrogens with zero attached hydrogens (tertiary/aromatic N) is 1. The lowest BCUT2D eigenvalue weighted by Gasteiger charge is -2.24. The lowest BCUT2D eigenvalue weighted by molar-refractivity contribution is -0.137. The number of hydrogen-bond acceptors (Lipinski definition) is 5. The SMILES string of the molecule is C=C[C@@H]1CC1NC(=O)[C@@H]1CCCN1C(=O)CNC(=O)Oc1ccc(OC)cc1. The van der Waals surface area contributed by atoms with E-state index in [0.717, 1.165) is 12.8 Å².